The average Bonchev–Trinajstić information content (AvgIpc) is 4.23. The van der Waals surface area contributed by atoms with Gasteiger partial charge in [0.25, 0.3) is 5.91 Å². The monoisotopic (exact) mass is 1010 g/mol. The van der Waals surface area contributed by atoms with Crippen molar-refractivity contribution in [3.8, 4) is 27.4 Å². The number of carbonyl (C=O) groups is 5. The van der Waals surface area contributed by atoms with Crippen LogP contribution in [0.15, 0.2) is 66.3 Å². The number of aromatic nitrogens is 3. The van der Waals surface area contributed by atoms with E-state index in [4.69, 9.17) is 9.72 Å². The number of unbranched alkanes of at least 4 members (excludes halogenated alkanes) is 2. The van der Waals surface area contributed by atoms with Gasteiger partial charge in [-0.1, -0.05) is 63.6 Å². The fourth-order valence-electron chi connectivity index (χ4n) is 10.1. The number of thiazole rings is 1. The first-order chi connectivity index (χ1) is 35.1. The van der Waals surface area contributed by atoms with Crippen molar-refractivity contribution in [1.82, 2.24) is 40.7 Å². The van der Waals surface area contributed by atoms with Crippen molar-refractivity contribution in [2.45, 2.75) is 149 Å². The van der Waals surface area contributed by atoms with E-state index in [0.29, 0.717) is 55.5 Å². The van der Waals surface area contributed by atoms with Gasteiger partial charge >= 0.3 is 0 Å². The molecule has 3 aromatic carbocycles. The van der Waals surface area contributed by atoms with Crippen LogP contribution >= 0.6 is 11.3 Å². The summed E-state index contributed by atoms with van der Waals surface area (Å²) >= 11 is 1.57. The molecule has 0 radical (unpaired) electrons. The van der Waals surface area contributed by atoms with Gasteiger partial charge in [0.2, 0.25) is 23.6 Å². The van der Waals surface area contributed by atoms with Crippen LogP contribution in [0.5, 0.6) is 5.75 Å². The Balaban J connectivity index is 0.733. The van der Waals surface area contributed by atoms with E-state index < -0.39 is 29.5 Å². The lowest BCUT2D eigenvalue weighted by Gasteiger charge is -2.35. The zero-order chi connectivity index (χ0) is 51.8. The van der Waals surface area contributed by atoms with Crippen LogP contribution in [0.4, 0.5) is 0 Å². The van der Waals surface area contributed by atoms with Crippen molar-refractivity contribution < 1.29 is 38.9 Å². The largest absolute Gasteiger partial charge is 0.493 e. The molecule has 17 heteroatoms. The van der Waals surface area contributed by atoms with E-state index in [1.54, 1.807) is 23.5 Å². The zero-order valence-corrected chi connectivity index (χ0v) is 43.5. The third-order valence-electron chi connectivity index (χ3n) is 14.3. The Bertz CT molecular complexity index is 2780. The first kappa shape index (κ1) is 52.9. The van der Waals surface area contributed by atoms with Crippen molar-refractivity contribution >= 4 is 40.9 Å². The number of nitrogens with zero attached hydrogens (tertiary/aromatic N) is 4. The number of β-amino-alcohol motifs (C(OH)–C–C–N with tert-alkyl or cyclic N) is 1. The Morgan fingerprint density at radius 2 is 1.68 bits per heavy atom. The van der Waals surface area contributed by atoms with Crippen molar-refractivity contribution in [1.29, 1.82) is 0 Å². The molecule has 6 N–H and O–H groups in total. The highest BCUT2D eigenvalue weighted by atomic mass is 32.1. The van der Waals surface area contributed by atoms with Gasteiger partial charge in [-0.05, 0) is 109 Å². The molecule has 8 rings (SSSR count). The van der Waals surface area contributed by atoms with E-state index in [1.165, 1.54) is 10.5 Å². The molecule has 2 aromatic heterocycles. The van der Waals surface area contributed by atoms with Gasteiger partial charge in [-0.2, -0.15) is 0 Å². The molecule has 2 aliphatic heterocycles. The summed E-state index contributed by atoms with van der Waals surface area (Å²) in [5.74, 6) is 0.187. The molecule has 0 unspecified atom stereocenters. The van der Waals surface area contributed by atoms with Gasteiger partial charge in [0.1, 0.15) is 23.7 Å². The maximum atomic E-state index is 14.0. The number of nitrogens with one attached hydrogen (secondary N) is 4. The molecule has 5 aromatic rings. The summed E-state index contributed by atoms with van der Waals surface area (Å²) in [4.78, 5) is 78.8. The number of imidazole rings is 1. The minimum Gasteiger partial charge on any atom is -0.493 e. The summed E-state index contributed by atoms with van der Waals surface area (Å²) in [6, 6.07) is 15.8. The molecule has 388 valence electrons. The number of aryl methyl sites for hydroxylation is 4. The lowest BCUT2D eigenvalue weighted by Crippen LogP contribution is -2.57. The van der Waals surface area contributed by atoms with Gasteiger partial charge in [-0.15, -0.1) is 11.3 Å². The number of likely N-dealkylation sites (tertiary alicyclic amines) is 1. The Hall–Kier alpha value is -6.43. The summed E-state index contributed by atoms with van der Waals surface area (Å²) < 4.78 is 8.33. The van der Waals surface area contributed by atoms with Crippen LogP contribution in [0.1, 0.15) is 134 Å². The molecule has 1 fully saturated rings. The standard InChI is InChI=1S/C56H70N8O8S/c1-34-41(32-65)25-40(53(69)61-44-21-20-37-18-19-39(26-43(37)44)45-31-63-23-9-11-48(63)60-45)27-47(34)72-24-10-22-57-49(67)12-7-6-8-13-50(68)62-52(56(3,4)5)55(71)64-30-42(66)28-46(64)54(70)58-29-36-14-16-38(17-15-36)51-35(2)59-33-73-51/h14-19,25-27,31,33,42,44,46,52,65-66H,6-13,20-24,28-30,32H2,1-5H3,(H,57,67)(H,58,70)(H,61,69)(H,62,68)/t42-,44-,46+,52-/m1/s1. The molecule has 0 bridgehead atoms. The molecule has 1 aliphatic carbocycles. The lowest BCUT2D eigenvalue weighted by molar-refractivity contribution is -0.144. The van der Waals surface area contributed by atoms with Crippen molar-refractivity contribution in [3.63, 3.8) is 0 Å². The van der Waals surface area contributed by atoms with E-state index in [9.17, 15) is 34.2 Å². The Kier molecular flexibility index (Phi) is 17.1. The molecular weight excluding hydrogens is 945 g/mol. The van der Waals surface area contributed by atoms with Crippen LogP contribution in [0.2, 0.25) is 0 Å². The summed E-state index contributed by atoms with van der Waals surface area (Å²) in [5.41, 5.74) is 10.1. The SMILES string of the molecule is Cc1ncsc1-c1ccc(CNC(=O)[C@@H]2C[C@@H](O)CN2C(=O)[C@@H](NC(=O)CCCCCC(=O)NCCCOc2cc(C(=O)N[C@@H]3CCc4ccc(-c5cn6c(n5)CCC6)cc43)cc(CO)c2C)C(C)(C)C)cc1. The number of hydrogen-bond donors (Lipinski definition) is 6. The maximum Gasteiger partial charge on any atom is 0.251 e. The lowest BCUT2D eigenvalue weighted by atomic mass is 9.85. The van der Waals surface area contributed by atoms with E-state index in [-0.39, 0.29) is 68.8 Å². The number of fused-ring (bicyclic) bond motifs is 2. The fourth-order valence-corrected chi connectivity index (χ4v) is 10.9. The van der Waals surface area contributed by atoms with E-state index >= 15 is 0 Å². The number of aliphatic hydroxyl groups is 2. The van der Waals surface area contributed by atoms with E-state index in [1.807, 2.05) is 64.4 Å². The highest BCUT2D eigenvalue weighted by molar-refractivity contribution is 7.13. The quantitative estimate of drug-likeness (QED) is 0.0423. The minimum atomic E-state index is -0.925. The number of rotatable bonds is 21. The minimum absolute atomic E-state index is 0.00981. The second-order valence-electron chi connectivity index (χ2n) is 20.8. The molecule has 0 spiro atoms. The molecular formula is C56H70N8O8S. The second-order valence-corrected chi connectivity index (χ2v) is 21.6. The first-order valence-corrected chi connectivity index (χ1v) is 26.6. The number of amides is 5. The van der Waals surface area contributed by atoms with Crippen LogP contribution in [0.3, 0.4) is 0 Å². The highest BCUT2D eigenvalue weighted by Gasteiger charge is 2.44. The molecule has 5 amide bonds. The van der Waals surface area contributed by atoms with Gasteiger partial charge in [-0.25, -0.2) is 9.97 Å². The number of benzene rings is 3. The van der Waals surface area contributed by atoms with Gasteiger partial charge in [-0.3, -0.25) is 24.0 Å². The normalized spacial score (nSPS) is 17.5. The first-order valence-electron chi connectivity index (χ1n) is 25.7. The molecule has 0 saturated carbocycles. The van der Waals surface area contributed by atoms with Crippen LogP contribution in [0, 0.1) is 19.3 Å². The fraction of sp³-hybridized carbons (Fsp3) is 0.482. The van der Waals surface area contributed by atoms with Crippen molar-refractivity contribution in [2.24, 2.45) is 5.41 Å². The van der Waals surface area contributed by atoms with Gasteiger partial charge in [0, 0.05) is 69.2 Å². The molecule has 1 saturated heterocycles. The van der Waals surface area contributed by atoms with Gasteiger partial charge < -0.3 is 45.7 Å². The predicted molar refractivity (Wildman–Crippen MR) is 279 cm³/mol. The molecule has 3 aliphatic rings. The van der Waals surface area contributed by atoms with Crippen LogP contribution in [0.25, 0.3) is 21.7 Å². The highest BCUT2D eigenvalue weighted by Crippen LogP contribution is 2.36. The summed E-state index contributed by atoms with van der Waals surface area (Å²) in [6.45, 7) is 11.0. The number of carbonyl (C=O) groups excluding carboxylic acids is 5. The third kappa shape index (κ3) is 13.0. The molecule has 4 heterocycles. The van der Waals surface area contributed by atoms with Gasteiger partial charge in [0.15, 0.2) is 0 Å². The number of aliphatic hydroxyl groups excluding tert-OH is 2. The summed E-state index contributed by atoms with van der Waals surface area (Å²) in [6.07, 6.45) is 7.83. The van der Waals surface area contributed by atoms with E-state index in [2.05, 4.69) is 55.2 Å². The Labute approximate surface area is 431 Å². The van der Waals surface area contributed by atoms with E-state index in [0.717, 1.165) is 82.1 Å². The third-order valence-corrected chi connectivity index (χ3v) is 15.3. The predicted octanol–water partition coefficient (Wildman–Crippen LogP) is 6.79. The Morgan fingerprint density at radius 1 is 0.918 bits per heavy atom. The Morgan fingerprint density at radius 3 is 2.41 bits per heavy atom. The topological polar surface area (TPSA) is 217 Å². The summed E-state index contributed by atoms with van der Waals surface area (Å²) in [5, 5.41) is 32.8. The van der Waals surface area contributed by atoms with Gasteiger partial charge in [0.05, 0.1) is 47.1 Å². The van der Waals surface area contributed by atoms with Crippen LogP contribution in [-0.2, 0) is 51.7 Å². The average molecular weight is 1020 g/mol. The smallest absolute Gasteiger partial charge is 0.251 e. The molecule has 73 heavy (non-hydrogen) atoms. The van der Waals surface area contributed by atoms with Crippen molar-refractivity contribution in [2.75, 3.05) is 19.7 Å². The maximum absolute atomic E-state index is 14.0. The van der Waals surface area contributed by atoms with Crippen molar-refractivity contribution in [3.05, 3.63) is 111 Å². The molecule has 16 nitrogen and oxygen atoms in total. The van der Waals surface area contributed by atoms with Crippen LogP contribution < -0.4 is 26.0 Å². The number of ether oxygens (including phenoxy) is 1. The number of hydrogen-bond acceptors (Lipinski definition) is 11. The summed E-state index contributed by atoms with van der Waals surface area (Å²) in [7, 11) is 0. The zero-order valence-electron chi connectivity index (χ0n) is 42.7. The second kappa shape index (κ2) is 23.6. The molecule has 4 atom stereocenters. The van der Waals surface area contributed by atoms with Crippen LogP contribution in [-0.4, -0.2) is 97.1 Å².